The van der Waals surface area contributed by atoms with E-state index in [-0.39, 0.29) is 5.91 Å². The van der Waals surface area contributed by atoms with Crippen molar-refractivity contribution in [2.45, 2.75) is 0 Å². The number of aromatic amines is 1. The molecule has 23 heavy (non-hydrogen) atoms. The number of anilines is 1. The molecule has 7 heteroatoms. The molecule has 0 bridgehead atoms. The summed E-state index contributed by atoms with van der Waals surface area (Å²) in [5, 5.41) is 5.16. The van der Waals surface area contributed by atoms with Gasteiger partial charge in [-0.1, -0.05) is 6.07 Å². The Morgan fingerprint density at radius 3 is 2.91 bits per heavy atom. The van der Waals surface area contributed by atoms with Crippen molar-refractivity contribution in [2.24, 2.45) is 0 Å². The van der Waals surface area contributed by atoms with Crippen molar-refractivity contribution in [1.29, 1.82) is 0 Å². The second kappa shape index (κ2) is 5.62. The van der Waals surface area contributed by atoms with Crippen LogP contribution in [0.3, 0.4) is 0 Å². The Morgan fingerprint density at radius 2 is 2.13 bits per heavy atom. The summed E-state index contributed by atoms with van der Waals surface area (Å²) in [5.74, 6) is 0.456. The maximum absolute atomic E-state index is 12.5. The van der Waals surface area contributed by atoms with Crippen LogP contribution in [-0.2, 0) is 0 Å². The number of imidazole rings is 1. The summed E-state index contributed by atoms with van der Waals surface area (Å²) < 4.78 is 0. The average Bonchev–Trinajstić information content (AvgIpc) is 3.24. The SMILES string of the molecule is O=C(Nc1nccs1)c1cccc2[nH]c(-c3cccnc3)nc12. The van der Waals surface area contributed by atoms with Gasteiger partial charge in [0.25, 0.3) is 5.91 Å². The molecule has 0 saturated carbocycles. The molecule has 0 aliphatic carbocycles. The molecule has 0 radical (unpaired) electrons. The zero-order valence-corrected chi connectivity index (χ0v) is 12.7. The van der Waals surface area contributed by atoms with Gasteiger partial charge in [-0.2, -0.15) is 0 Å². The predicted molar refractivity (Wildman–Crippen MR) is 89.4 cm³/mol. The Labute approximate surface area is 135 Å². The fourth-order valence-electron chi connectivity index (χ4n) is 2.30. The number of carbonyl (C=O) groups is 1. The van der Waals surface area contributed by atoms with E-state index >= 15 is 0 Å². The fraction of sp³-hybridized carbons (Fsp3) is 0. The summed E-state index contributed by atoms with van der Waals surface area (Å²) in [6.07, 6.45) is 5.09. The topological polar surface area (TPSA) is 83.6 Å². The molecule has 1 amide bonds. The van der Waals surface area contributed by atoms with Crippen LogP contribution in [0.25, 0.3) is 22.4 Å². The molecule has 0 aliphatic rings. The van der Waals surface area contributed by atoms with E-state index in [4.69, 9.17) is 0 Å². The minimum Gasteiger partial charge on any atom is -0.338 e. The first-order chi connectivity index (χ1) is 11.3. The van der Waals surface area contributed by atoms with Gasteiger partial charge in [0.05, 0.1) is 11.1 Å². The van der Waals surface area contributed by atoms with Gasteiger partial charge in [0.2, 0.25) is 0 Å². The second-order valence-electron chi connectivity index (χ2n) is 4.82. The molecule has 4 rings (SSSR count). The number of hydrogen-bond acceptors (Lipinski definition) is 5. The number of hydrogen-bond donors (Lipinski definition) is 2. The van der Waals surface area contributed by atoms with Crippen LogP contribution in [0.5, 0.6) is 0 Å². The van der Waals surface area contributed by atoms with Crippen LogP contribution in [0.15, 0.2) is 54.3 Å². The van der Waals surface area contributed by atoms with Gasteiger partial charge >= 0.3 is 0 Å². The summed E-state index contributed by atoms with van der Waals surface area (Å²) in [5.41, 5.74) is 2.80. The van der Waals surface area contributed by atoms with Gasteiger partial charge in [-0.25, -0.2) is 9.97 Å². The number of benzene rings is 1. The lowest BCUT2D eigenvalue weighted by atomic mass is 10.2. The van der Waals surface area contributed by atoms with Gasteiger partial charge < -0.3 is 4.98 Å². The second-order valence-corrected chi connectivity index (χ2v) is 5.71. The Bertz CT molecular complexity index is 963. The highest BCUT2D eigenvalue weighted by Crippen LogP contribution is 2.23. The first-order valence-corrected chi connectivity index (χ1v) is 7.79. The maximum atomic E-state index is 12.5. The van der Waals surface area contributed by atoms with Gasteiger partial charge in [0, 0.05) is 29.5 Å². The van der Waals surface area contributed by atoms with Crippen molar-refractivity contribution in [1.82, 2.24) is 19.9 Å². The fourth-order valence-corrected chi connectivity index (χ4v) is 2.83. The Hall–Kier alpha value is -3.06. The number of pyridine rings is 1. The van der Waals surface area contributed by atoms with Crippen LogP contribution >= 0.6 is 11.3 Å². The molecule has 6 nitrogen and oxygen atoms in total. The summed E-state index contributed by atoms with van der Waals surface area (Å²) in [6, 6.07) is 9.23. The van der Waals surface area contributed by atoms with Gasteiger partial charge in [0.1, 0.15) is 11.3 Å². The lowest BCUT2D eigenvalue weighted by molar-refractivity contribution is 0.102. The van der Waals surface area contributed by atoms with Crippen molar-refractivity contribution >= 4 is 33.4 Å². The monoisotopic (exact) mass is 321 g/mol. The molecule has 2 N–H and O–H groups in total. The molecule has 0 saturated heterocycles. The van der Waals surface area contributed by atoms with Crippen LogP contribution < -0.4 is 5.32 Å². The first-order valence-electron chi connectivity index (χ1n) is 6.91. The average molecular weight is 321 g/mol. The minimum atomic E-state index is -0.227. The van der Waals surface area contributed by atoms with Crippen LogP contribution in [-0.4, -0.2) is 25.8 Å². The number of H-pyrrole nitrogens is 1. The lowest BCUT2D eigenvalue weighted by Gasteiger charge is -2.02. The highest BCUT2D eigenvalue weighted by atomic mass is 32.1. The van der Waals surface area contributed by atoms with Crippen LogP contribution in [0, 0.1) is 0 Å². The Morgan fingerprint density at radius 1 is 1.17 bits per heavy atom. The van der Waals surface area contributed by atoms with Crippen molar-refractivity contribution < 1.29 is 4.79 Å². The van der Waals surface area contributed by atoms with Crippen LogP contribution in [0.2, 0.25) is 0 Å². The van der Waals surface area contributed by atoms with E-state index in [1.54, 1.807) is 24.7 Å². The van der Waals surface area contributed by atoms with Crippen LogP contribution in [0.4, 0.5) is 5.13 Å². The number of amides is 1. The number of rotatable bonds is 3. The molecule has 1 aromatic carbocycles. The largest absolute Gasteiger partial charge is 0.338 e. The smallest absolute Gasteiger partial charge is 0.259 e. The highest BCUT2D eigenvalue weighted by molar-refractivity contribution is 7.13. The molecule has 0 spiro atoms. The number of thiazole rings is 1. The van der Waals surface area contributed by atoms with Crippen molar-refractivity contribution in [3.8, 4) is 11.4 Å². The summed E-state index contributed by atoms with van der Waals surface area (Å²) in [6.45, 7) is 0. The van der Waals surface area contributed by atoms with Crippen molar-refractivity contribution in [3.05, 3.63) is 59.9 Å². The Kier molecular flexibility index (Phi) is 3.32. The zero-order valence-electron chi connectivity index (χ0n) is 11.9. The normalized spacial score (nSPS) is 10.8. The number of para-hydroxylation sites is 1. The summed E-state index contributed by atoms with van der Waals surface area (Å²) in [7, 11) is 0. The molecule has 0 fully saturated rings. The third-order valence-electron chi connectivity index (χ3n) is 3.35. The van der Waals surface area contributed by atoms with E-state index in [9.17, 15) is 4.79 Å². The van der Waals surface area contributed by atoms with E-state index in [1.165, 1.54) is 11.3 Å². The molecule has 0 aliphatic heterocycles. The summed E-state index contributed by atoms with van der Waals surface area (Å²) in [4.78, 5) is 28.4. The van der Waals surface area contributed by atoms with Crippen molar-refractivity contribution in [2.75, 3.05) is 5.32 Å². The lowest BCUT2D eigenvalue weighted by Crippen LogP contribution is -2.12. The molecule has 112 valence electrons. The minimum absolute atomic E-state index is 0.227. The predicted octanol–water partition coefficient (Wildman–Crippen LogP) is 3.33. The van der Waals surface area contributed by atoms with Gasteiger partial charge in [0.15, 0.2) is 5.13 Å². The molecule has 0 unspecified atom stereocenters. The summed E-state index contributed by atoms with van der Waals surface area (Å²) >= 11 is 1.37. The van der Waals surface area contributed by atoms with Gasteiger partial charge in [-0.3, -0.25) is 15.1 Å². The molecule has 3 heterocycles. The quantitative estimate of drug-likeness (QED) is 0.606. The number of nitrogens with one attached hydrogen (secondary N) is 2. The van der Waals surface area contributed by atoms with Crippen LogP contribution in [0.1, 0.15) is 10.4 Å². The van der Waals surface area contributed by atoms with E-state index in [1.807, 2.05) is 29.6 Å². The molecular formula is C16H11N5OS. The standard InChI is InChI=1S/C16H11N5OS/c22-15(21-16-18-7-8-23-16)11-4-1-5-12-13(11)20-14(19-12)10-3-2-6-17-9-10/h1-9H,(H,19,20)(H,18,21,22). The van der Waals surface area contributed by atoms with Crippen molar-refractivity contribution in [3.63, 3.8) is 0 Å². The third kappa shape index (κ3) is 2.58. The van der Waals surface area contributed by atoms with E-state index in [0.29, 0.717) is 22.0 Å². The highest BCUT2D eigenvalue weighted by Gasteiger charge is 2.15. The molecule has 0 atom stereocenters. The third-order valence-corrected chi connectivity index (χ3v) is 4.03. The van der Waals surface area contributed by atoms with Gasteiger partial charge in [-0.05, 0) is 24.3 Å². The Balaban J connectivity index is 1.76. The van der Waals surface area contributed by atoms with Gasteiger partial charge in [-0.15, -0.1) is 11.3 Å². The zero-order chi connectivity index (χ0) is 15.6. The molecule has 3 aromatic heterocycles. The number of nitrogens with zero attached hydrogens (tertiary/aromatic N) is 3. The van der Waals surface area contributed by atoms with E-state index in [2.05, 4.69) is 25.3 Å². The van der Waals surface area contributed by atoms with E-state index < -0.39 is 0 Å². The van der Waals surface area contributed by atoms with E-state index in [0.717, 1.165) is 11.1 Å². The number of aromatic nitrogens is 4. The molecular weight excluding hydrogens is 310 g/mol. The number of fused-ring (bicyclic) bond motifs is 1. The number of carbonyl (C=O) groups excluding carboxylic acids is 1. The maximum Gasteiger partial charge on any atom is 0.259 e. The molecule has 4 aromatic rings. The first kappa shape index (κ1) is 13.6.